The van der Waals surface area contributed by atoms with Crippen molar-refractivity contribution < 1.29 is 17.9 Å². The lowest BCUT2D eigenvalue weighted by molar-refractivity contribution is -0.140. The molecule has 1 aromatic rings. The molecule has 0 radical (unpaired) electrons. The fourth-order valence-corrected chi connectivity index (χ4v) is 2.89. The van der Waals surface area contributed by atoms with Gasteiger partial charge in [0, 0.05) is 13.0 Å². The van der Waals surface area contributed by atoms with Gasteiger partial charge in [0.25, 0.3) is 0 Å². The van der Waals surface area contributed by atoms with E-state index in [2.05, 4.69) is 9.46 Å². The number of carbonyl (C=O) groups is 1. The van der Waals surface area contributed by atoms with Crippen LogP contribution in [0.5, 0.6) is 0 Å². The summed E-state index contributed by atoms with van der Waals surface area (Å²) in [5.74, 6) is -0.465. The number of benzene rings is 1. The average Bonchev–Trinajstić information content (AvgIpc) is 2.45. The Labute approximate surface area is 120 Å². The quantitative estimate of drug-likeness (QED) is 0.740. The van der Waals surface area contributed by atoms with Crippen LogP contribution in [0.15, 0.2) is 24.3 Å². The topological polar surface area (TPSA) is 72.5 Å². The molecule has 0 aliphatic carbocycles. The van der Waals surface area contributed by atoms with Crippen LogP contribution in [0.4, 0.5) is 0 Å². The van der Waals surface area contributed by atoms with E-state index in [1.807, 2.05) is 31.2 Å². The number of methoxy groups -OCH3 is 1. The van der Waals surface area contributed by atoms with Crippen molar-refractivity contribution in [1.82, 2.24) is 4.72 Å². The Balaban J connectivity index is 2.49. The Bertz CT molecular complexity index is 540. The van der Waals surface area contributed by atoms with Crippen LogP contribution in [-0.2, 0) is 32.5 Å². The smallest absolute Gasteiger partial charge is 0.305 e. The number of sulfonamides is 1. The van der Waals surface area contributed by atoms with E-state index in [9.17, 15) is 13.2 Å². The van der Waals surface area contributed by atoms with Crippen molar-refractivity contribution in [1.29, 1.82) is 0 Å². The minimum Gasteiger partial charge on any atom is -0.469 e. The molecule has 0 unspecified atom stereocenters. The molecule has 0 bridgehead atoms. The number of hydrogen-bond donors (Lipinski definition) is 1. The van der Waals surface area contributed by atoms with Gasteiger partial charge in [-0.1, -0.05) is 31.2 Å². The van der Waals surface area contributed by atoms with Gasteiger partial charge in [-0.15, -0.1) is 0 Å². The zero-order valence-corrected chi connectivity index (χ0v) is 12.7. The summed E-state index contributed by atoms with van der Waals surface area (Å²) in [6.07, 6.45) is 1.24. The molecule has 0 fully saturated rings. The Kier molecular flexibility index (Phi) is 6.67. The lowest BCUT2D eigenvalue weighted by atomic mass is 10.1. The van der Waals surface area contributed by atoms with Crippen LogP contribution in [0, 0.1) is 0 Å². The van der Waals surface area contributed by atoms with Crippen LogP contribution in [0.2, 0.25) is 0 Å². The molecule has 5 nitrogen and oxygen atoms in total. The number of hydrogen-bond acceptors (Lipinski definition) is 4. The fraction of sp³-hybridized carbons (Fsp3) is 0.500. The molecule has 0 heterocycles. The Hall–Kier alpha value is -1.40. The highest BCUT2D eigenvalue weighted by molar-refractivity contribution is 7.89. The second-order valence-corrected chi connectivity index (χ2v) is 6.37. The van der Waals surface area contributed by atoms with Gasteiger partial charge in [-0.2, -0.15) is 0 Å². The first-order valence-corrected chi connectivity index (χ1v) is 8.24. The molecule has 0 saturated heterocycles. The molecule has 0 aliphatic heterocycles. The predicted molar refractivity (Wildman–Crippen MR) is 77.7 cm³/mol. The van der Waals surface area contributed by atoms with Gasteiger partial charge in [-0.3, -0.25) is 4.79 Å². The van der Waals surface area contributed by atoms with Gasteiger partial charge in [0.05, 0.1) is 12.9 Å². The van der Waals surface area contributed by atoms with Gasteiger partial charge >= 0.3 is 5.97 Å². The first kappa shape index (κ1) is 16.7. The zero-order valence-electron chi connectivity index (χ0n) is 11.9. The largest absolute Gasteiger partial charge is 0.469 e. The van der Waals surface area contributed by atoms with Crippen LogP contribution in [0.3, 0.4) is 0 Å². The summed E-state index contributed by atoms with van der Waals surface area (Å²) in [6.45, 7) is 2.31. The molecule has 1 rings (SSSR count). The molecule has 1 aromatic carbocycles. The highest BCUT2D eigenvalue weighted by Crippen LogP contribution is 2.09. The second kappa shape index (κ2) is 8.01. The van der Waals surface area contributed by atoms with Crippen LogP contribution < -0.4 is 4.72 Å². The minimum atomic E-state index is -3.37. The first-order chi connectivity index (χ1) is 9.48. The number of ether oxygens (including phenoxy) is 1. The number of aryl methyl sites for hydroxylation is 1. The van der Waals surface area contributed by atoms with Crippen molar-refractivity contribution in [2.45, 2.75) is 32.7 Å². The third-order valence-electron chi connectivity index (χ3n) is 3.00. The van der Waals surface area contributed by atoms with E-state index in [1.165, 1.54) is 7.11 Å². The maximum Gasteiger partial charge on any atom is 0.305 e. The lowest BCUT2D eigenvalue weighted by Gasteiger charge is -2.09. The Morgan fingerprint density at radius 2 is 1.90 bits per heavy atom. The molecule has 0 atom stereocenters. The number of nitrogens with one attached hydrogen (secondary N) is 1. The molecule has 0 amide bonds. The summed E-state index contributed by atoms with van der Waals surface area (Å²) >= 11 is 0. The molecule has 112 valence electrons. The van der Waals surface area contributed by atoms with Gasteiger partial charge in [-0.25, -0.2) is 13.1 Å². The lowest BCUT2D eigenvalue weighted by Crippen LogP contribution is -2.26. The molecule has 0 aromatic heterocycles. The Morgan fingerprint density at radius 3 is 2.50 bits per heavy atom. The van der Waals surface area contributed by atoms with E-state index in [1.54, 1.807) is 0 Å². The summed E-state index contributed by atoms with van der Waals surface area (Å²) < 4.78 is 30.7. The van der Waals surface area contributed by atoms with Crippen molar-refractivity contribution in [3.63, 3.8) is 0 Å². The predicted octanol–water partition coefficient (Wildman–Crippen LogP) is 1.62. The molecule has 0 aliphatic rings. The molecule has 0 saturated carbocycles. The van der Waals surface area contributed by atoms with Crippen LogP contribution in [-0.4, -0.2) is 27.2 Å². The normalized spacial score (nSPS) is 11.3. The van der Waals surface area contributed by atoms with Crippen molar-refractivity contribution in [3.05, 3.63) is 35.4 Å². The summed E-state index contributed by atoms with van der Waals surface area (Å²) in [7, 11) is -2.08. The van der Waals surface area contributed by atoms with E-state index in [-0.39, 0.29) is 25.1 Å². The standard InChI is InChI=1S/C14H21NO4S/c1-3-12-7-4-5-8-13(12)11-15-20(17,18)10-6-9-14(16)19-2/h4-5,7-8,15H,3,6,9-11H2,1-2H3. The monoisotopic (exact) mass is 299 g/mol. The molecular weight excluding hydrogens is 278 g/mol. The van der Waals surface area contributed by atoms with E-state index in [0.717, 1.165) is 17.5 Å². The molecule has 1 N–H and O–H groups in total. The Morgan fingerprint density at radius 1 is 1.25 bits per heavy atom. The fourth-order valence-electron chi connectivity index (χ4n) is 1.84. The van der Waals surface area contributed by atoms with Gasteiger partial charge in [0.1, 0.15) is 0 Å². The van der Waals surface area contributed by atoms with Gasteiger partial charge < -0.3 is 4.74 Å². The van der Waals surface area contributed by atoms with Gasteiger partial charge in [-0.05, 0) is 24.0 Å². The number of carbonyl (C=O) groups excluding carboxylic acids is 1. The van der Waals surface area contributed by atoms with E-state index in [0.29, 0.717) is 0 Å². The third-order valence-corrected chi connectivity index (χ3v) is 4.41. The molecule has 0 spiro atoms. The third kappa shape index (κ3) is 5.71. The second-order valence-electron chi connectivity index (χ2n) is 4.44. The maximum absolute atomic E-state index is 11.8. The summed E-state index contributed by atoms with van der Waals surface area (Å²) in [5.41, 5.74) is 2.11. The number of rotatable bonds is 8. The van der Waals surface area contributed by atoms with Crippen molar-refractivity contribution >= 4 is 16.0 Å². The van der Waals surface area contributed by atoms with Crippen LogP contribution >= 0.6 is 0 Å². The number of esters is 1. The summed E-state index contributed by atoms with van der Waals surface area (Å²) in [6, 6.07) is 7.73. The SMILES string of the molecule is CCc1ccccc1CNS(=O)(=O)CCCC(=O)OC. The average molecular weight is 299 g/mol. The highest BCUT2D eigenvalue weighted by Gasteiger charge is 2.12. The highest BCUT2D eigenvalue weighted by atomic mass is 32.2. The maximum atomic E-state index is 11.8. The van der Waals surface area contributed by atoms with E-state index >= 15 is 0 Å². The first-order valence-electron chi connectivity index (χ1n) is 6.59. The molecule has 6 heteroatoms. The van der Waals surface area contributed by atoms with E-state index in [4.69, 9.17) is 0 Å². The summed E-state index contributed by atoms with van der Waals surface area (Å²) in [4.78, 5) is 10.9. The minimum absolute atomic E-state index is 0.0730. The molecule has 20 heavy (non-hydrogen) atoms. The van der Waals surface area contributed by atoms with Gasteiger partial charge in [0.15, 0.2) is 0 Å². The van der Waals surface area contributed by atoms with Gasteiger partial charge in [0.2, 0.25) is 10.0 Å². The van der Waals surface area contributed by atoms with Crippen molar-refractivity contribution in [3.8, 4) is 0 Å². The van der Waals surface area contributed by atoms with Crippen LogP contribution in [0.25, 0.3) is 0 Å². The van der Waals surface area contributed by atoms with Crippen molar-refractivity contribution in [2.24, 2.45) is 0 Å². The molecular formula is C14H21NO4S. The van der Waals surface area contributed by atoms with Crippen LogP contribution in [0.1, 0.15) is 30.9 Å². The van der Waals surface area contributed by atoms with E-state index < -0.39 is 16.0 Å². The summed E-state index contributed by atoms with van der Waals surface area (Å²) in [5, 5.41) is 0. The van der Waals surface area contributed by atoms with Crippen molar-refractivity contribution in [2.75, 3.05) is 12.9 Å². The zero-order chi connectivity index (χ0) is 15.0.